The lowest BCUT2D eigenvalue weighted by atomic mass is 10.1. The Morgan fingerprint density at radius 3 is 2.24 bits per heavy atom. The van der Waals surface area contributed by atoms with Crippen molar-refractivity contribution in [3.8, 4) is 22.5 Å². The second-order valence-corrected chi connectivity index (χ2v) is 6.99. The van der Waals surface area contributed by atoms with Crippen molar-refractivity contribution in [2.45, 2.75) is 30.2 Å². The van der Waals surface area contributed by atoms with Crippen molar-refractivity contribution >= 4 is 17.7 Å². The van der Waals surface area contributed by atoms with E-state index in [1.807, 2.05) is 67.6 Å². The molecule has 0 fully saturated rings. The van der Waals surface area contributed by atoms with Gasteiger partial charge in [0.1, 0.15) is 0 Å². The van der Waals surface area contributed by atoms with Gasteiger partial charge >= 0.3 is 0 Å². The van der Waals surface area contributed by atoms with Crippen molar-refractivity contribution in [2.24, 2.45) is 5.73 Å². The number of carbonyl (C=O) groups is 1. The summed E-state index contributed by atoms with van der Waals surface area (Å²) < 4.78 is 0. The van der Waals surface area contributed by atoms with Gasteiger partial charge in [0.25, 0.3) is 0 Å². The van der Waals surface area contributed by atoms with E-state index in [1.165, 1.54) is 11.8 Å². The molecular formula is C20H21N3OS. The van der Waals surface area contributed by atoms with Crippen molar-refractivity contribution < 1.29 is 4.79 Å². The van der Waals surface area contributed by atoms with Crippen LogP contribution in [0.1, 0.15) is 19.8 Å². The number of rotatable bonds is 7. The van der Waals surface area contributed by atoms with Crippen molar-refractivity contribution in [1.82, 2.24) is 9.97 Å². The number of aromatic amines is 1. The Balaban J connectivity index is 2.02. The quantitative estimate of drug-likeness (QED) is 0.616. The van der Waals surface area contributed by atoms with Gasteiger partial charge in [0.05, 0.1) is 16.6 Å². The number of nitrogens with one attached hydrogen (secondary N) is 1. The Labute approximate surface area is 151 Å². The van der Waals surface area contributed by atoms with E-state index in [1.54, 1.807) is 0 Å². The third kappa shape index (κ3) is 4.12. The third-order valence-electron chi connectivity index (χ3n) is 3.91. The predicted octanol–water partition coefficient (Wildman–Crippen LogP) is 4.49. The molecule has 0 saturated carbocycles. The Morgan fingerprint density at radius 2 is 1.68 bits per heavy atom. The summed E-state index contributed by atoms with van der Waals surface area (Å²) in [6.45, 7) is 2.05. The topological polar surface area (TPSA) is 71.8 Å². The highest BCUT2D eigenvalue weighted by Gasteiger charge is 2.20. The Bertz CT molecular complexity index is 774. The van der Waals surface area contributed by atoms with E-state index in [-0.39, 0.29) is 11.2 Å². The number of H-pyrrole nitrogens is 1. The normalized spacial score (nSPS) is 12.0. The fourth-order valence-electron chi connectivity index (χ4n) is 2.68. The SMILES string of the molecule is CCCC(Sc1nc(-c2ccccc2)c(-c2ccccc2)[nH]1)C(N)=O. The van der Waals surface area contributed by atoms with E-state index in [4.69, 9.17) is 10.7 Å². The van der Waals surface area contributed by atoms with E-state index >= 15 is 0 Å². The van der Waals surface area contributed by atoms with Gasteiger partial charge in [-0.05, 0) is 6.42 Å². The van der Waals surface area contributed by atoms with Gasteiger partial charge in [0.2, 0.25) is 5.91 Å². The summed E-state index contributed by atoms with van der Waals surface area (Å²) in [5.74, 6) is -0.300. The number of thioether (sulfide) groups is 1. The fourth-order valence-corrected chi connectivity index (χ4v) is 3.73. The molecule has 25 heavy (non-hydrogen) atoms. The molecule has 1 unspecified atom stereocenters. The number of amides is 1. The van der Waals surface area contributed by atoms with Gasteiger partial charge in [-0.1, -0.05) is 85.8 Å². The molecule has 5 heteroatoms. The number of nitrogens with two attached hydrogens (primary N) is 1. The zero-order chi connectivity index (χ0) is 17.6. The average molecular weight is 351 g/mol. The molecule has 0 aliphatic rings. The van der Waals surface area contributed by atoms with Crippen LogP contribution in [0.4, 0.5) is 0 Å². The van der Waals surface area contributed by atoms with Gasteiger partial charge in [0.15, 0.2) is 5.16 Å². The lowest BCUT2D eigenvalue weighted by Crippen LogP contribution is -2.25. The molecule has 1 amide bonds. The number of benzene rings is 2. The molecule has 0 bridgehead atoms. The molecule has 0 radical (unpaired) electrons. The summed E-state index contributed by atoms with van der Waals surface area (Å²) in [6, 6.07) is 20.1. The van der Waals surface area contributed by atoms with Crippen LogP contribution in [0, 0.1) is 0 Å². The Kier molecular flexibility index (Phi) is 5.56. The molecule has 0 saturated heterocycles. The van der Waals surface area contributed by atoms with E-state index in [0.717, 1.165) is 40.5 Å². The van der Waals surface area contributed by atoms with Gasteiger partial charge in [-0.2, -0.15) is 0 Å². The van der Waals surface area contributed by atoms with E-state index in [9.17, 15) is 4.79 Å². The Hall–Kier alpha value is -2.53. The standard InChI is InChI=1S/C20H21N3OS/c1-2-9-16(19(21)24)25-20-22-17(14-10-5-3-6-11-14)18(23-20)15-12-7-4-8-13-15/h3-8,10-13,16H,2,9H2,1H3,(H2,21,24)(H,22,23). The van der Waals surface area contributed by atoms with Gasteiger partial charge in [0, 0.05) is 11.1 Å². The van der Waals surface area contributed by atoms with Crippen LogP contribution < -0.4 is 5.73 Å². The molecule has 1 heterocycles. The summed E-state index contributed by atoms with van der Waals surface area (Å²) in [5.41, 5.74) is 9.47. The first-order valence-corrected chi connectivity index (χ1v) is 9.23. The van der Waals surface area contributed by atoms with Crippen LogP contribution in [-0.2, 0) is 4.79 Å². The zero-order valence-electron chi connectivity index (χ0n) is 14.1. The number of carbonyl (C=O) groups excluding carboxylic acids is 1. The van der Waals surface area contributed by atoms with E-state index < -0.39 is 0 Å². The van der Waals surface area contributed by atoms with Gasteiger partial charge in [-0.3, -0.25) is 4.79 Å². The number of hydrogen-bond donors (Lipinski definition) is 2. The number of aromatic nitrogens is 2. The Morgan fingerprint density at radius 1 is 1.08 bits per heavy atom. The molecule has 0 aliphatic carbocycles. The lowest BCUT2D eigenvalue weighted by molar-refractivity contribution is -0.117. The second kappa shape index (κ2) is 8.03. The zero-order valence-corrected chi connectivity index (χ0v) is 14.9. The highest BCUT2D eigenvalue weighted by Crippen LogP contribution is 2.34. The van der Waals surface area contributed by atoms with Crippen LogP contribution in [0.15, 0.2) is 65.8 Å². The summed E-state index contributed by atoms with van der Waals surface area (Å²) in [5, 5.41) is 0.443. The van der Waals surface area contributed by atoms with Crippen molar-refractivity contribution in [3.63, 3.8) is 0 Å². The molecule has 0 spiro atoms. The summed E-state index contributed by atoms with van der Waals surface area (Å²) >= 11 is 1.40. The van der Waals surface area contributed by atoms with Crippen LogP contribution in [0.3, 0.4) is 0 Å². The molecule has 4 nitrogen and oxygen atoms in total. The van der Waals surface area contributed by atoms with Crippen LogP contribution >= 0.6 is 11.8 Å². The van der Waals surface area contributed by atoms with Gasteiger partial charge in [-0.25, -0.2) is 4.98 Å². The van der Waals surface area contributed by atoms with Gasteiger partial charge < -0.3 is 10.7 Å². The predicted molar refractivity (Wildman–Crippen MR) is 103 cm³/mol. The van der Waals surface area contributed by atoms with Crippen LogP contribution in [0.25, 0.3) is 22.5 Å². The molecule has 1 atom stereocenters. The highest BCUT2D eigenvalue weighted by molar-refractivity contribution is 8.00. The first-order valence-electron chi connectivity index (χ1n) is 8.36. The van der Waals surface area contributed by atoms with Crippen LogP contribution in [0.2, 0.25) is 0 Å². The molecule has 3 rings (SSSR count). The van der Waals surface area contributed by atoms with Crippen molar-refractivity contribution in [1.29, 1.82) is 0 Å². The summed E-state index contributed by atoms with van der Waals surface area (Å²) in [4.78, 5) is 19.8. The minimum Gasteiger partial charge on any atom is -0.369 e. The van der Waals surface area contributed by atoms with Crippen molar-refractivity contribution in [3.05, 3.63) is 60.7 Å². The number of primary amides is 1. The lowest BCUT2D eigenvalue weighted by Gasteiger charge is -2.09. The smallest absolute Gasteiger partial charge is 0.231 e. The highest BCUT2D eigenvalue weighted by atomic mass is 32.2. The molecule has 3 aromatic rings. The van der Waals surface area contributed by atoms with Crippen LogP contribution in [0.5, 0.6) is 0 Å². The van der Waals surface area contributed by atoms with E-state index in [2.05, 4.69) is 4.98 Å². The van der Waals surface area contributed by atoms with E-state index in [0.29, 0.717) is 0 Å². The minimum absolute atomic E-state index is 0.275. The van der Waals surface area contributed by atoms with Crippen molar-refractivity contribution in [2.75, 3.05) is 0 Å². The molecule has 2 aromatic carbocycles. The molecule has 128 valence electrons. The molecule has 1 aromatic heterocycles. The third-order valence-corrected chi connectivity index (χ3v) is 5.08. The summed E-state index contributed by atoms with van der Waals surface area (Å²) in [6.07, 6.45) is 1.64. The first-order chi connectivity index (χ1) is 12.2. The molecule has 3 N–H and O–H groups in total. The van der Waals surface area contributed by atoms with Gasteiger partial charge in [-0.15, -0.1) is 0 Å². The minimum atomic E-state index is -0.300. The maximum atomic E-state index is 11.7. The number of imidazole rings is 1. The monoisotopic (exact) mass is 351 g/mol. The molecular weight excluding hydrogens is 330 g/mol. The fraction of sp³-hybridized carbons (Fsp3) is 0.200. The average Bonchev–Trinajstić information content (AvgIpc) is 3.07. The second-order valence-electron chi connectivity index (χ2n) is 5.80. The maximum Gasteiger partial charge on any atom is 0.231 e. The van der Waals surface area contributed by atoms with Crippen LogP contribution in [-0.4, -0.2) is 21.1 Å². The maximum absolute atomic E-state index is 11.7. The first kappa shape index (κ1) is 17.3. The molecule has 0 aliphatic heterocycles. The summed E-state index contributed by atoms with van der Waals surface area (Å²) in [7, 11) is 0. The largest absolute Gasteiger partial charge is 0.369 e. The number of hydrogen-bond acceptors (Lipinski definition) is 3. The number of nitrogens with zero attached hydrogens (tertiary/aromatic N) is 1.